The first-order valence-corrected chi connectivity index (χ1v) is 17.0. The van der Waals surface area contributed by atoms with Crippen LogP contribution < -0.4 is 0 Å². The molecule has 44 heavy (non-hydrogen) atoms. The molecule has 0 radical (unpaired) electrons. The van der Waals surface area contributed by atoms with Crippen molar-refractivity contribution in [1.29, 1.82) is 0 Å². The Morgan fingerprint density at radius 3 is 2.61 bits per heavy atom. The molecule has 3 nitrogen and oxygen atoms in total. The molecule has 0 bridgehead atoms. The third-order valence-electron chi connectivity index (χ3n) is 9.69. The number of carbonyl (C=O) groups excluding carboxylic acids is 1. The standard InChI is InChI=1S/C41H52N2O/c1-6-33(34-16-18-37(19-17-34)41(5)22-8-7-11-32(20-23-41)27-30(2)3)28-38-31(4)29-42-24-21-39(38)43-25-9-12-35(13-10-26-43)40(44)36-14-15-36/h6,8,12,16-19,21-22,24,27-28,30,36H,4,7,9-11,13-15,20,23,25-26,29H2,1-3,5H3/b22-8+,32-27+,33-6+,35-12-,38-28+/t41-/m0/s1. The molecule has 5 rings (SSSR count). The third kappa shape index (κ3) is 7.97. The van der Waals surface area contributed by atoms with E-state index in [-0.39, 0.29) is 5.41 Å². The second-order valence-corrected chi connectivity index (χ2v) is 13.7. The van der Waals surface area contributed by atoms with Gasteiger partial charge < -0.3 is 4.90 Å². The summed E-state index contributed by atoms with van der Waals surface area (Å²) in [5, 5.41) is 0. The van der Waals surface area contributed by atoms with Crippen molar-refractivity contribution in [2.45, 2.75) is 90.9 Å². The second kappa shape index (κ2) is 14.5. The molecular weight excluding hydrogens is 536 g/mol. The number of carbonyl (C=O) groups is 1. The van der Waals surface area contributed by atoms with Crippen LogP contribution in [0.15, 0.2) is 106 Å². The van der Waals surface area contributed by atoms with Crippen LogP contribution in [-0.2, 0) is 10.2 Å². The van der Waals surface area contributed by atoms with Crippen LogP contribution in [0.4, 0.5) is 0 Å². The average molecular weight is 589 g/mol. The fourth-order valence-corrected chi connectivity index (χ4v) is 6.89. The van der Waals surface area contributed by atoms with Crippen molar-refractivity contribution in [2.24, 2.45) is 16.8 Å². The van der Waals surface area contributed by atoms with Crippen LogP contribution in [0, 0.1) is 11.8 Å². The number of benzene rings is 1. The Hall–Kier alpha value is -3.46. The molecular formula is C41H52N2O. The highest BCUT2D eigenvalue weighted by Gasteiger charge is 2.32. The summed E-state index contributed by atoms with van der Waals surface area (Å²) in [4.78, 5) is 19.8. The molecule has 0 spiro atoms. The van der Waals surface area contributed by atoms with Crippen LogP contribution in [0.2, 0.25) is 0 Å². The Balaban J connectivity index is 1.35. The molecule has 2 heterocycles. The summed E-state index contributed by atoms with van der Waals surface area (Å²) in [7, 11) is 0. The number of nitrogens with zero attached hydrogens (tertiary/aromatic N) is 2. The van der Waals surface area contributed by atoms with Gasteiger partial charge in [0, 0.05) is 41.9 Å². The van der Waals surface area contributed by atoms with Gasteiger partial charge in [-0.2, -0.15) is 0 Å². The van der Waals surface area contributed by atoms with Crippen molar-refractivity contribution in [3.8, 4) is 0 Å². The van der Waals surface area contributed by atoms with E-state index in [4.69, 9.17) is 0 Å². The van der Waals surface area contributed by atoms with Gasteiger partial charge in [0.05, 0.1) is 6.54 Å². The fraction of sp³-hybridized carbons (Fsp3) is 0.463. The largest absolute Gasteiger partial charge is 0.371 e. The van der Waals surface area contributed by atoms with Crippen LogP contribution >= 0.6 is 0 Å². The number of hydrogen-bond acceptors (Lipinski definition) is 3. The van der Waals surface area contributed by atoms with Crippen molar-refractivity contribution >= 4 is 17.6 Å². The molecule has 232 valence electrons. The minimum absolute atomic E-state index is 0.0372. The molecule has 0 amide bonds. The van der Waals surface area contributed by atoms with Gasteiger partial charge in [-0.05, 0) is 111 Å². The molecule has 2 aliphatic carbocycles. The van der Waals surface area contributed by atoms with Gasteiger partial charge in [0.1, 0.15) is 0 Å². The van der Waals surface area contributed by atoms with E-state index in [9.17, 15) is 4.79 Å². The smallest absolute Gasteiger partial charge is 0.161 e. The van der Waals surface area contributed by atoms with E-state index >= 15 is 0 Å². The minimum atomic E-state index is 0.0372. The van der Waals surface area contributed by atoms with Crippen molar-refractivity contribution in [3.63, 3.8) is 0 Å². The summed E-state index contributed by atoms with van der Waals surface area (Å²) in [5.41, 5.74) is 9.91. The maximum absolute atomic E-state index is 12.7. The molecule has 0 unspecified atom stereocenters. The molecule has 1 aromatic rings. The minimum Gasteiger partial charge on any atom is -0.371 e. The van der Waals surface area contributed by atoms with Crippen LogP contribution in [0.25, 0.3) is 5.57 Å². The van der Waals surface area contributed by atoms with E-state index < -0.39 is 0 Å². The highest BCUT2D eigenvalue weighted by Crippen LogP contribution is 2.37. The Kier molecular flexibility index (Phi) is 10.6. The third-order valence-corrected chi connectivity index (χ3v) is 9.69. The van der Waals surface area contributed by atoms with E-state index in [2.05, 4.69) is 111 Å². The summed E-state index contributed by atoms with van der Waals surface area (Å²) in [5.74, 6) is 1.32. The van der Waals surface area contributed by atoms with Crippen molar-refractivity contribution in [1.82, 2.24) is 4.90 Å². The first-order chi connectivity index (χ1) is 21.3. The lowest BCUT2D eigenvalue weighted by molar-refractivity contribution is -0.116. The topological polar surface area (TPSA) is 32.7 Å². The van der Waals surface area contributed by atoms with E-state index in [0.717, 1.165) is 81.2 Å². The Morgan fingerprint density at radius 1 is 1.09 bits per heavy atom. The highest BCUT2D eigenvalue weighted by atomic mass is 16.1. The maximum atomic E-state index is 12.7. The van der Waals surface area contributed by atoms with Gasteiger partial charge >= 0.3 is 0 Å². The summed E-state index contributed by atoms with van der Waals surface area (Å²) < 4.78 is 0. The van der Waals surface area contributed by atoms with Gasteiger partial charge in [-0.3, -0.25) is 9.79 Å². The molecule has 0 N–H and O–H groups in total. The first kappa shape index (κ1) is 31.9. The quantitative estimate of drug-likeness (QED) is 0.297. The van der Waals surface area contributed by atoms with Crippen molar-refractivity contribution in [2.75, 3.05) is 19.6 Å². The fourth-order valence-electron chi connectivity index (χ4n) is 6.89. The van der Waals surface area contributed by atoms with Gasteiger partial charge in [-0.15, -0.1) is 0 Å². The zero-order valence-electron chi connectivity index (χ0n) is 27.6. The predicted molar refractivity (Wildman–Crippen MR) is 188 cm³/mol. The predicted octanol–water partition coefficient (Wildman–Crippen LogP) is 9.90. The van der Waals surface area contributed by atoms with Crippen molar-refractivity contribution in [3.05, 3.63) is 112 Å². The molecule has 1 fully saturated rings. The Morgan fingerprint density at radius 2 is 1.89 bits per heavy atom. The van der Waals surface area contributed by atoms with Crippen molar-refractivity contribution < 1.29 is 4.79 Å². The molecule has 1 atom stereocenters. The highest BCUT2D eigenvalue weighted by molar-refractivity contribution is 5.98. The van der Waals surface area contributed by atoms with Crippen LogP contribution in [0.5, 0.6) is 0 Å². The first-order valence-electron chi connectivity index (χ1n) is 17.0. The SMILES string of the molecule is C=C1CN=CC=C(N2CC/C=C(\C(=O)C3CC3)CCC2)/C1=C/C(=C\C)c1ccc([C@@]2(C)/C=C/CC/C(=C\C(C)C)CC2)cc1. The molecule has 2 aliphatic heterocycles. The lowest BCUT2D eigenvalue weighted by Crippen LogP contribution is -2.28. The Bertz CT molecular complexity index is 1440. The normalized spacial score (nSPS) is 27.6. The summed E-state index contributed by atoms with van der Waals surface area (Å²) in [6, 6.07) is 9.26. The summed E-state index contributed by atoms with van der Waals surface area (Å²) >= 11 is 0. The zero-order chi connectivity index (χ0) is 31.1. The maximum Gasteiger partial charge on any atom is 0.161 e. The molecule has 0 saturated heterocycles. The molecule has 3 heteroatoms. The van der Waals surface area contributed by atoms with Crippen LogP contribution in [-0.4, -0.2) is 36.5 Å². The molecule has 0 aromatic heterocycles. The van der Waals surface area contributed by atoms with Gasteiger partial charge in [0.15, 0.2) is 5.78 Å². The van der Waals surface area contributed by atoms with Gasteiger partial charge in [0.2, 0.25) is 0 Å². The molecule has 1 saturated carbocycles. The van der Waals surface area contributed by atoms with Gasteiger partial charge in [-0.1, -0.05) is 87.6 Å². The van der Waals surface area contributed by atoms with E-state index in [1.807, 2.05) is 6.21 Å². The number of rotatable bonds is 7. The summed E-state index contributed by atoms with van der Waals surface area (Å²) in [6.07, 6.45) is 27.7. The number of allylic oxidation sites excluding steroid dienone is 10. The number of hydrogen-bond donors (Lipinski definition) is 0. The summed E-state index contributed by atoms with van der Waals surface area (Å²) in [6.45, 7) is 16.0. The zero-order valence-corrected chi connectivity index (χ0v) is 27.6. The van der Waals surface area contributed by atoms with E-state index in [1.54, 1.807) is 5.57 Å². The lowest BCUT2D eigenvalue weighted by atomic mass is 9.75. The van der Waals surface area contributed by atoms with E-state index in [0.29, 0.717) is 24.2 Å². The van der Waals surface area contributed by atoms with Gasteiger partial charge in [-0.25, -0.2) is 0 Å². The van der Waals surface area contributed by atoms with Crippen LogP contribution in [0.1, 0.15) is 96.6 Å². The van der Waals surface area contributed by atoms with Crippen LogP contribution in [0.3, 0.4) is 0 Å². The Labute approximate surface area is 266 Å². The van der Waals surface area contributed by atoms with Gasteiger partial charge in [0.25, 0.3) is 0 Å². The second-order valence-electron chi connectivity index (χ2n) is 13.7. The monoisotopic (exact) mass is 588 g/mol. The average Bonchev–Trinajstić information content (AvgIpc) is 3.85. The molecule has 4 aliphatic rings. The number of Topliss-reactive ketones (excluding diaryl/α,β-unsaturated/α-hetero) is 1. The molecule has 1 aromatic carbocycles. The van der Waals surface area contributed by atoms with E-state index in [1.165, 1.54) is 28.8 Å². The number of ketones is 1. The lowest BCUT2D eigenvalue weighted by Gasteiger charge is -2.31. The number of aliphatic imine (C=N–C) groups is 1.